The lowest BCUT2D eigenvalue weighted by molar-refractivity contribution is -0.121. The average Bonchev–Trinajstić information content (AvgIpc) is 3.14. The summed E-state index contributed by atoms with van der Waals surface area (Å²) in [6.45, 7) is 4.67. The van der Waals surface area contributed by atoms with E-state index >= 15 is 0 Å². The van der Waals surface area contributed by atoms with Gasteiger partial charge < -0.3 is 4.74 Å². The van der Waals surface area contributed by atoms with Crippen LogP contribution in [-0.4, -0.2) is 24.2 Å². The Hall–Kier alpha value is -2.67. The smallest absolute Gasteiger partial charge is 0.279 e. The van der Waals surface area contributed by atoms with Gasteiger partial charge in [-0.3, -0.25) is 25.2 Å². The van der Waals surface area contributed by atoms with E-state index in [0.717, 1.165) is 19.3 Å². The number of benzene rings is 1. The van der Waals surface area contributed by atoms with Gasteiger partial charge in [-0.1, -0.05) is 6.92 Å². The molecule has 0 saturated carbocycles. The summed E-state index contributed by atoms with van der Waals surface area (Å²) in [6.07, 6.45) is 3.23. The zero-order valence-electron chi connectivity index (χ0n) is 16.7. The number of rotatable bonds is 7. The Kier molecular flexibility index (Phi) is 7.04. The number of ether oxygens (including phenoxy) is 1. The monoisotopic (exact) mass is 414 g/mol. The number of carbonyl (C=O) groups excluding carboxylic acids is 3. The van der Waals surface area contributed by atoms with Crippen molar-refractivity contribution in [3.63, 3.8) is 0 Å². The second-order valence-electron chi connectivity index (χ2n) is 7.29. The molecule has 7 heteroatoms. The second kappa shape index (κ2) is 9.69. The predicted molar refractivity (Wildman–Crippen MR) is 112 cm³/mol. The van der Waals surface area contributed by atoms with Crippen molar-refractivity contribution in [2.75, 3.05) is 6.61 Å². The first-order chi connectivity index (χ1) is 14.0. The first kappa shape index (κ1) is 21.0. The Bertz CT molecular complexity index is 889. The minimum absolute atomic E-state index is 0.00474. The van der Waals surface area contributed by atoms with E-state index in [0.29, 0.717) is 28.7 Å². The van der Waals surface area contributed by atoms with Gasteiger partial charge in [0, 0.05) is 23.3 Å². The zero-order valence-corrected chi connectivity index (χ0v) is 17.6. The molecule has 6 nitrogen and oxygen atoms in total. The van der Waals surface area contributed by atoms with Crippen LogP contribution in [0, 0.1) is 5.92 Å². The Morgan fingerprint density at radius 2 is 1.90 bits per heavy atom. The molecule has 2 amide bonds. The van der Waals surface area contributed by atoms with Gasteiger partial charge >= 0.3 is 0 Å². The van der Waals surface area contributed by atoms with Crippen LogP contribution in [0.3, 0.4) is 0 Å². The van der Waals surface area contributed by atoms with Crippen LogP contribution in [0.4, 0.5) is 0 Å². The highest BCUT2D eigenvalue weighted by atomic mass is 32.1. The van der Waals surface area contributed by atoms with Crippen molar-refractivity contribution in [1.82, 2.24) is 10.9 Å². The van der Waals surface area contributed by atoms with Gasteiger partial charge in [-0.15, -0.1) is 11.3 Å². The van der Waals surface area contributed by atoms with Gasteiger partial charge in [-0.25, -0.2) is 0 Å². The molecule has 1 aromatic heterocycles. The number of Topliss-reactive ketones (excluding diaryl/α,β-unsaturated/α-hetero) is 1. The van der Waals surface area contributed by atoms with Crippen LogP contribution in [0.1, 0.15) is 63.6 Å². The van der Waals surface area contributed by atoms with E-state index in [1.54, 1.807) is 24.3 Å². The molecule has 0 aliphatic heterocycles. The molecule has 0 unspecified atom stereocenters. The lowest BCUT2D eigenvalue weighted by Crippen LogP contribution is -2.41. The molecule has 0 bridgehead atoms. The normalized spacial score (nSPS) is 15.3. The first-order valence-electron chi connectivity index (χ1n) is 9.93. The molecule has 1 heterocycles. The number of aryl methyl sites for hydroxylation is 1. The largest absolute Gasteiger partial charge is 0.494 e. The van der Waals surface area contributed by atoms with E-state index in [4.69, 9.17) is 4.74 Å². The number of ketones is 1. The molecule has 1 aliphatic rings. The van der Waals surface area contributed by atoms with Crippen molar-refractivity contribution in [3.05, 3.63) is 51.2 Å². The van der Waals surface area contributed by atoms with Crippen LogP contribution in [0.25, 0.3) is 0 Å². The quantitative estimate of drug-likeness (QED) is 0.534. The minimum Gasteiger partial charge on any atom is -0.494 e. The van der Waals surface area contributed by atoms with Crippen LogP contribution in [0.2, 0.25) is 0 Å². The summed E-state index contributed by atoms with van der Waals surface area (Å²) in [7, 11) is 0. The SMILES string of the molecule is CCOc1ccc(C(=O)CCC(=O)NNC(=O)c2cc3c(s2)CC[C@H](C)C3)cc1. The molecule has 154 valence electrons. The van der Waals surface area contributed by atoms with Gasteiger partial charge in [0.25, 0.3) is 5.91 Å². The molecule has 1 aromatic carbocycles. The summed E-state index contributed by atoms with van der Waals surface area (Å²) in [5.74, 6) is 0.500. The number of hydrogen-bond donors (Lipinski definition) is 2. The summed E-state index contributed by atoms with van der Waals surface area (Å²) in [4.78, 5) is 38.4. The van der Waals surface area contributed by atoms with E-state index in [1.807, 2.05) is 13.0 Å². The van der Waals surface area contributed by atoms with Gasteiger partial charge in [-0.05, 0) is 68.0 Å². The number of nitrogens with one attached hydrogen (secondary N) is 2. The van der Waals surface area contributed by atoms with Gasteiger partial charge in [0.1, 0.15) is 5.75 Å². The van der Waals surface area contributed by atoms with E-state index in [-0.39, 0.29) is 24.5 Å². The van der Waals surface area contributed by atoms with E-state index < -0.39 is 5.91 Å². The standard InChI is InChI=1S/C22H26N2O4S/c1-3-28-17-7-5-15(6-8-17)18(25)9-11-21(26)23-24-22(27)20-13-16-12-14(2)4-10-19(16)29-20/h5-8,13-14H,3-4,9-12H2,1-2H3,(H,23,26)(H,24,27)/t14-/m0/s1. The summed E-state index contributed by atoms with van der Waals surface area (Å²) < 4.78 is 5.35. The lowest BCUT2D eigenvalue weighted by Gasteiger charge is -2.16. The van der Waals surface area contributed by atoms with Crippen LogP contribution < -0.4 is 15.6 Å². The third kappa shape index (κ3) is 5.67. The summed E-state index contributed by atoms with van der Waals surface area (Å²) >= 11 is 1.49. The summed E-state index contributed by atoms with van der Waals surface area (Å²) in [5.41, 5.74) is 6.62. The fourth-order valence-electron chi connectivity index (χ4n) is 3.34. The molecule has 0 saturated heterocycles. The van der Waals surface area contributed by atoms with Crippen molar-refractivity contribution >= 4 is 28.9 Å². The fraction of sp³-hybridized carbons (Fsp3) is 0.409. The predicted octanol–water partition coefficient (Wildman–Crippen LogP) is 3.70. The molecular weight excluding hydrogens is 388 g/mol. The third-order valence-corrected chi connectivity index (χ3v) is 6.17. The number of carbonyl (C=O) groups is 3. The maximum Gasteiger partial charge on any atom is 0.279 e. The lowest BCUT2D eigenvalue weighted by atomic mass is 9.90. The van der Waals surface area contributed by atoms with Gasteiger partial charge in [0.2, 0.25) is 5.91 Å². The van der Waals surface area contributed by atoms with Crippen LogP contribution in [-0.2, 0) is 17.6 Å². The molecule has 1 atom stereocenters. The molecule has 0 radical (unpaired) electrons. The van der Waals surface area contributed by atoms with Crippen molar-refractivity contribution in [1.29, 1.82) is 0 Å². The molecule has 29 heavy (non-hydrogen) atoms. The molecule has 3 rings (SSSR count). The van der Waals surface area contributed by atoms with Crippen molar-refractivity contribution < 1.29 is 19.1 Å². The molecule has 0 spiro atoms. The molecule has 1 aliphatic carbocycles. The maximum atomic E-state index is 12.3. The highest BCUT2D eigenvalue weighted by molar-refractivity contribution is 7.14. The number of hydrogen-bond acceptors (Lipinski definition) is 5. The molecule has 0 fully saturated rings. The Morgan fingerprint density at radius 1 is 1.14 bits per heavy atom. The summed E-state index contributed by atoms with van der Waals surface area (Å²) in [5, 5.41) is 0. The van der Waals surface area contributed by atoms with Crippen LogP contribution in [0.15, 0.2) is 30.3 Å². The second-order valence-corrected chi connectivity index (χ2v) is 8.43. The van der Waals surface area contributed by atoms with Crippen molar-refractivity contribution in [2.24, 2.45) is 5.92 Å². The highest BCUT2D eigenvalue weighted by Gasteiger charge is 2.21. The zero-order chi connectivity index (χ0) is 20.8. The number of thiophene rings is 1. The van der Waals surface area contributed by atoms with Crippen molar-refractivity contribution in [3.8, 4) is 5.75 Å². The third-order valence-electron chi connectivity index (χ3n) is 4.93. The number of fused-ring (bicyclic) bond motifs is 1. The summed E-state index contributed by atoms with van der Waals surface area (Å²) in [6, 6.07) is 8.77. The molecular formula is C22H26N2O4S. The Labute approximate surface area is 174 Å². The maximum absolute atomic E-state index is 12.3. The van der Waals surface area contributed by atoms with Gasteiger partial charge in [-0.2, -0.15) is 0 Å². The number of hydrazine groups is 1. The van der Waals surface area contributed by atoms with E-state index in [9.17, 15) is 14.4 Å². The topological polar surface area (TPSA) is 84.5 Å². The molecule has 2 N–H and O–H groups in total. The van der Waals surface area contributed by atoms with Gasteiger partial charge in [0.05, 0.1) is 11.5 Å². The average molecular weight is 415 g/mol. The Balaban J connectivity index is 1.43. The Morgan fingerprint density at radius 3 is 2.62 bits per heavy atom. The fourth-order valence-corrected chi connectivity index (χ4v) is 4.45. The number of amides is 2. The van der Waals surface area contributed by atoms with Crippen LogP contribution in [0.5, 0.6) is 5.75 Å². The first-order valence-corrected chi connectivity index (χ1v) is 10.7. The van der Waals surface area contributed by atoms with Gasteiger partial charge in [0.15, 0.2) is 5.78 Å². The minimum atomic E-state index is -0.396. The highest BCUT2D eigenvalue weighted by Crippen LogP contribution is 2.32. The van der Waals surface area contributed by atoms with Crippen molar-refractivity contribution in [2.45, 2.75) is 46.0 Å². The van der Waals surface area contributed by atoms with Crippen LogP contribution >= 0.6 is 11.3 Å². The van der Waals surface area contributed by atoms with E-state index in [1.165, 1.54) is 21.8 Å². The molecule has 2 aromatic rings. The van der Waals surface area contributed by atoms with E-state index in [2.05, 4.69) is 17.8 Å².